The summed E-state index contributed by atoms with van der Waals surface area (Å²) in [4.78, 5) is 18.8. The Morgan fingerprint density at radius 3 is 2.74 bits per heavy atom. The molecule has 1 aromatic rings. The van der Waals surface area contributed by atoms with E-state index in [0.717, 1.165) is 23.4 Å². The van der Waals surface area contributed by atoms with Gasteiger partial charge in [-0.05, 0) is 53.6 Å². The van der Waals surface area contributed by atoms with E-state index in [2.05, 4.69) is 25.8 Å². The Hall–Kier alpha value is -0.900. The second kappa shape index (κ2) is 5.61. The minimum atomic E-state index is 0.156. The Kier molecular flexibility index (Phi) is 3.87. The number of likely N-dealkylation sites (tertiary alicyclic amines) is 1. The van der Waals surface area contributed by atoms with Gasteiger partial charge in [0, 0.05) is 29.5 Å². The van der Waals surface area contributed by atoms with Gasteiger partial charge in [-0.25, -0.2) is 0 Å². The molecular weight excluding hydrogens is 304 g/mol. The summed E-state index contributed by atoms with van der Waals surface area (Å²) in [5.74, 6) is 0.884. The predicted molar refractivity (Wildman–Crippen MR) is 78.0 cm³/mol. The lowest BCUT2D eigenvalue weighted by Crippen LogP contribution is -2.39. The van der Waals surface area contributed by atoms with Crippen molar-refractivity contribution in [1.29, 1.82) is 0 Å². The third kappa shape index (κ3) is 2.69. The molecular formula is C15H19BrN2O. The van der Waals surface area contributed by atoms with Crippen molar-refractivity contribution in [2.24, 2.45) is 5.92 Å². The fourth-order valence-corrected chi connectivity index (χ4v) is 3.94. The van der Waals surface area contributed by atoms with Gasteiger partial charge >= 0.3 is 0 Å². The van der Waals surface area contributed by atoms with E-state index in [1.807, 2.05) is 6.07 Å². The number of hydrogen-bond acceptors (Lipinski definition) is 2. The summed E-state index contributed by atoms with van der Waals surface area (Å²) in [5.41, 5.74) is 0.708. The Labute approximate surface area is 122 Å². The molecule has 0 spiro atoms. The Morgan fingerprint density at radius 1 is 1.21 bits per heavy atom. The highest BCUT2D eigenvalue weighted by molar-refractivity contribution is 9.10. The molecule has 0 aromatic carbocycles. The van der Waals surface area contributed by atoms with Gasteiger partial charge < -0.3 is 4.90 Å². The molecule has 0 bridgehead atoms. The number of aromatic nitrogens is 1. The summed E-state index contributed by atoms with van der Waals surface area (Å²) >= 11 is 3.39. The van der Waals surface area contributed by atoms with Crippen molar-refractivity contribution < 1.29 is 4.79 Å². The summed E-state index contributed by atoms with van der Waals surface area (Å²) in [5, 5.41) is 0. The van der Waals surface area contributed by atoms with Crippen LogP contribution in [0, 0.1) is 5.92 Å². The number of pyridine rings is 1. The average molecular weight is 323 g/mol. The first-order valence-electron chi connectivity index (χ1n) is 7.17. The first-order chi connectivity index (χ1) is 9.25. The van der Waals surface area contributed by atoms with Gasteiger partial charge in [0.1, 0.15) is 0 Å². The lowest BCUT2D eigenvalue weighted by molar-refractivity contribution is 0.0688. The molecule has 1 saturated heterocycles. The molecule has 1 aliphatic carbocycles. The quantitative estimate of drug-likeness (QED) is 0.832. The van der Waals surface area contributed by atoms with Gasteiger partial charge in [-0.2, -0.15) is 0 Å². The average Bonchev–Trinajstić information content (AvgIpc) is 3.08. The molecule has 1 aromatic heterocycles. The van der Waals surface area contributed by atoms with Crippen LogP contribution < -0.4 is 0 Å². The van der Waals surface area contributed by atoms with E-state index in [1.165, 1.54) is 32.1 Å². The highest BCUT2D eigenvalue weighted by Gasteiger charge is 2.36. The maximum Gasteiger partial charge on any atom is 0.255 e. The van der Waals surface area contributed by atoms with Crippen LogP contribution in [0.25, 0.3) is 0 Å². The van der Waals surface area contributed by atoms with Crippen LogP contribution in [0.5, 0.6) is 0 Å². The number of carbonyl (C=O) groups is 1. The van der Waals surface area contributed by atoms with Crippen LogP contribution in [0.3, 0.4) is 0 Å². The van der Waals surface area contributed by atoms with Crippen LogP contribution in [0.2, 0.25) is 0 Å². The molecule has 3 nitrogen and oxygen atoms in total. The van der Waals surface area contributed by atoms with Crippen molar-refractivity contribution in [1.82, 2.24) is 9.88 Å². The van der Waals surface area contributed by atoms with Crippen molar-refractivity contribution in [3.8, 4) is 0 Å². The maximum absolute atomic E-state index is 12.6. The van der Waals surface area contributed by atoms with Crippen LogP contribution in [0.15, 0.2) is 22.9 Å². The van der Waals surface area contributed by atoms with E-state index >= 15 is 0 Å². The Balaban J connectivity index is 1.78. The van der Waals surface area contributed by atoms with E-state index in [4.69, 9.17) is 0 Å². The van der Waals surface area contributed by atoms with Crippen LogP contribution in [-0.2, 0) is 0 Å². The van der Waals surface area contributed by atoms with Crippen molar-refractivity contribution in [3.05, 3.63) is 28.5 Å². The molecule has 0 radical (unpaired) electrons. The molecule has 3 rings (SSSR count). The van der Waals surface area contributed by atoms with Gasteiger partial charge in [0.15, 0.2) is 0 Å². The van der Waals surface area contributed by atoms with E-state index < -0.39 is 0 Å². The lowest BCUT2D eigenvalue weighted by Gasteiger charge is -2.29. The molecule has 1 amide bonds. The van der Waals surface area contributed by atoms with Gasteiger partial charge in [0.2, 0.25) is 0 Å². The molecule has 19 heavy (non-hydrogen) atoms. The molecule has 0 unspecified atom stereocenters. The Morgan fingerprint density at radius 2 is 2.00 bits per heavy atom. The van der Waals surface area contributed by atoms with Crippen molar-refractivity contribution in [3.63, 3.8) is 0 Å². The normalized spacial score (nSPS) is 24.1. The zero-order chi connectivity index (χ0) is 13.2. The van der Waals surface area contributed by atoms with Gasteiger partial charge in [0.05, 0.1) is 5.56 Å². The molecule has 2 fully saturated rings. The molecule has 1 atom stereocenters. The predicted octanol–water partition coefficient (Wildman–Crippen LogP) is 3.64. The van der Waals surface area contributed by atoms with E-state index in [9.17, 15) is 4.79 Å². The van der Waals surface area contributed by atoms with E-state index in [0.29, 0.717) is 11.6 Å². The fourth-order valence-electron chi connectivity index (χ4n) is 3.57. The zero-order valence-corrected chi connectivity index (χ0v) is 12.6. The summed E-state index contributed by atoms with van der Waals surface area (Å²) in [6.45, 7) is 0.909. The van der Waals surface area contributed by atoms with Gasteiger partial charge in [-0.1, -0.05) is 12.8 Å². The van der Waals surface area contributed by atoms with Crippen LogP contribution in [-0.4, -0.2) is 28.4 Å². The second-order valence-electron chi connectivity index (χ2n) is 5.64. The monoisotopic (exact) mass is 322 g/mol. The summed E-state index contributed by atoms with van der Waals surface area (Å²) in [6.07, 6.45) is 11.0. The fraction of sp³-hybridized carbons (Fsp3) is 0.600. The summed E-state index contributed by atoms with van der Waals surface area (Å²) in [6, 6.07) is 2.34. The van der Waals surface area contributed by atoms with Crippen molar-refractivity contribution >= 4 is 21.8 Å². The number of rotatable bonds is 2. The van der Waals surface area contributed by atoms with Crippen LogP contribution in [0.4, 0.5) is 0 Å². The van der Waals surface area contributed by atoms with Crippen molar-refractivity contribution in [2.75, 3.05) is 6.54 Å². The first-order valence-corrected chi connectivity index (χ1v) is 7.96. The second-order valence-corrected chi connectivity index (χ2v) is 6.56. The van der Waals surface area contributed by atoms with Crippen molar-refractivity contribution in [2.45, 2.75) is 44.6 Å². The van der Waals surface area contributed by atoms with E-state index in [-0.39, 0.29) is 5.91 Å². The van der Waals surface area contributed by atoms with Crippen LogP contribution in [0.1, 0.15) is 48.9 Å². The standard InChI is InChI=1S/C15H19BrN2O/c16-13-8-12(9-17-10-13)15(19)18-7-3-6-14(18)11-4-1-2-5-11/h8-11,14H,1-7H2/t14-/m1/s1. The van der Waals surface area contributed by atoms with Gasteiger partial charge in [-0.15, -0.1) is 0 Å². The molecule has 102 valence electrons. The highest BCUT2D eigenvalue weighted by Crippen LogP contribution is 2.36. The number of carbonyl (C=O) groups excluding carboxylic acids is 1. The SMILES string of the molecule is O=C(c1cncc(Br)c1)N1CCC[C@@H]1C1CCCC1. The zero-order valence-electron chi connectivity index (χ0n) is 11.0. The number of halogens is 1. The molecule has 2 aliphatic rings. The number of amides is 1. The lowest BCUT2D eigenvalue weighted by atomic mass is 9.96. The molecule has 1 saturated carbocycles. The number of nitrogens with zero attached hydrogens (tertiary/aromatic N) is 2. The largest absolute Gasteiger partial charge is 0.335 e. The maximum atomic E-state index is 12.6. The Bertz CT molecular complexity index is 471. The van der Waals surface area contributed by atoms with Gasteiger partial charge in [0.25, 0.3) is 5.91 Å². The molecule has 1 aliphatic heterocycles. The first kappa shape index (κ1) is 13.1. The third-order valence-corrected chi connectivity index (χ3v) is 4.89. The minimum Gasteiger partial charge on any atom is -0.335 e. The van der Waals surface area contributed by atoms with E-state index in [1.54, 1.807) is 12.4 Å². The van der Waals surface area contributed by atoms with Crippen LogP contribution >= 0.6 is 15.9 Å². The summed E-state index contributed by atoms with van der Waals surface area (Å²) < 4.78 is 0.870. The molecule has 2 heterocycles. The highest BCUT2D eigenvalue weighted by atomic mass is 79.9. The topological polar surface area (TPSA) is 33.2 Å². The van der Waals surface area contributed by atoms with Gasteiger partial charge in [-0.3, -0.25) is 9.78 Å². The molecule has 0 N–H and O–H groups in total. The minimum absolute atomic E-state index is 0.156. The smallest absolute Gasteiger partial charge is 0.255 e. The summed E-state index contributed by atoms with van der Waals surface area (Å²) in [7, 11) is 0. The number of hydrogen-bond donors (Lipinski definition) is 0. The third-order valence-electron chi connectivity index (χ3n) is 4.46. The molecule has 4 heteroatoms.